The largest absolute Gasteiger partial charge is 0.493 e. The van der Waals surface area contributed by atoms with Crippen molar-refractivity contribution >= 4 is 29.1 Å². The molecule has 0 radical (unpaired) electrons. The van der Waals surface area contributed by atoms with Crippen LogP contribution in [0.2, 0.25) is 5.02 Å². The van der Waals surface area contributed by atoms with E-state index in [4.69, 9.17) is 21.5 Å². The number of hydroxylamine groups is 1. The number of halogens is 1. The van der Waals surface area contributed by atoms with E-state index in [2.05, 4.69) is 10.3 Å². The van der Waals surface area contributed by atoms with Crippen molar-refractivity contribution in [3.05, 3.63) is 77.4 Å². The molecule has 1 aromatic heterocycles. The number of carbonyl (C=O) groups is 2. The van der Waals surface area contributed by atoms with Crippen molar-refractivity contribution in [2.45, 2.75) is 27.7 Å². The highest BCUT2D eigenvalue weighted by atomic mass is 35.5. The molecule has 0 aliphatic carbocycles. The molecule has 3 aromatic rings. The second-order valence-electron chi connectivity index (χ2n) is 9.13. The Morgan fingerprint density at radius 3 is 2.35 bits per heavy atom. The lowest BCUT2D eigenvalue weighted by Crippen LogP contribution is -2.48. The Morgan fingerprint density at radius 1 is 1.03 bits per heavy atom. The van der Waals surface area contributed by atoms with Gasteiger partial charge in [0, 0.05) is 28.4 Å². The molecule has 0 unspecified atom stereocenters. The Labute approximate surface area is 204 Å². The molecule has 0 bridgehead atoms. The zero-order valence-electron chi connectivity index (χ0n) is 19.6. The van der Waals surface area contributed by atoms with E-state index in [1.165, 1.54) is 0 Å². The van der Waals surface area contributed by atoms with E-state index < -0.39 is 16.7 Å². The lowest BCUT2D eigenvalue weighted by atomic mass is 9.68. The summed E-state index contributed by atoms with van der Waals surface area (Å²) in [5.41, 5.74) is 2.77. The van der Waals surface area contributed by atoms with Gasteiger partial charge < -0.3 is 10.1 Å². The Morgan fingerprint density at radius 2 is 1.74 bits per heavy atom. The molecule has 1 heterocycles. The Balaban J connectivity index is 1.66. The minimum absolute atomic E-state index is 0.236. The summed E-state index contributed by atoms with van der Waals surface area (Å²) in [6.07, 6.45) is 1.68. The van der Waals surface area contributed by atoms with Crippen molar-refractivity contribution < 1.29 is 19.5 Å². The van der Waals surface area contributed by atoms with E-state index >= 15 is 0 Å². The number of anilines is 1. The first-order valence-corrected chi connectivity index (χ1v) is 11.1. The Bertz CT molecular complexity index is 1160. The van der Waals surface area contributed by atoms with Gasteiger partial charge in [-0.05, 0) is 54.6 Å². The van der Waals surface area contributed by atoms with Crippen LogP contribution in [0.1, 0.15) is 38.1 Å². The number of hydrogen-bond donors (Lipinski definition) is 3. The van der Waals surface area contributed by atoms with Crippen LogP contribution in [-0.4, -0.2) is 28.6 Å². The summed E-state index contributed by atoms with van der Waals surface area (Å²) >= 11 is 6.32. The van der Waals surface area contributed by atoms with Gasteiger partial charge in [-0.25, -0.2) is 5.48 Å². The van der Waals surface area contributed by atoms with Gasteiger partial charge in [0.15, 0.2) is 0 Å². The van der Waals surface area contributed by atoms with Crippen LogP contribution < -0.4 is 15.5 Å². The van der Waals surface area contributed by atoms with E-state index in [0.29, 0.717) is 27.7 Å². The van der Waals surface area contributed by atoms with E-state index in [-0.39, 0.29) is 12.5 Å². The molecule has 0 aliphatic heterocycles. The molecule has 3 rings (SSSR count). The minimum atomic E-state index is -0.867. The number of nitrogens with one attached hydrogen (secondary N) is 2. The van der Waals surface area contributed by atoms with Gasteiger partial charge in [-0.1, -0.05) is 45.4 Å². The van der Waals surface area contributed by atoms with Gasteiger partial charge in [-0.2, -0.15) is 0 Å². The molecule has 0 aliphatic rings. The van der Waals surface area contributed by atoms with Crippen molar-refractivity contribution in [3.8, 4) is 17.0 Å². The first kappa shape index (κ1) is 25.2. The molecule has 2 aromatic carbocycles. The molecular weight excluding hydrogens is 454 g/mol. The number of amides is 2. The van der Waals surface area contributed by atoms with E-state index in [1.807, 2.05) is 32.0 Å². The van der Waals surface area contributed by atoms with Gasteiger partial charge in [0.05, 0.1) is 22.7 Å². The van der Waals surface area contributed by atoms with Crippen LogP contribution in [0.5, 0.6) is 5.75 Å². The van der Waals surface area contributed by atoms with Crippen molar-refractivity contribution in [1.29, 1.82) is 0 Å². The zero-order valence-corrected chi connectivity index (χ0v) is 20.3. The van der Waals surface area contributed by atoms with Gasteiger partial charge in [-0.15, -0.1) is 0 Å². The molecule has 3 N–H and O–H groups in total. The van der Waals surface area contributed by atoms with Crippen molar-refractivity contribution in [3.63, 3.8) is 0 Å². The van der Waals surface area contributed by atoms with Crippen LogP contribution in [0.15, 0.2) is 66.9 Å². The lowest BCUT2D eigenvalue weighted by Gasteiger charge is -2.39. The summed E-state index contributed by atoms with van der Waals surface area (Å²) in [5.74, 6) is -0.197. The molecule has 7 nitrogen and oxygen atoms in total. The number of pyridine rings is 1. The molecule has 2 amide bonds. The lowest BCUT2D eigenvalue weighted by molar-refractivity contribution is -0.145. The van der Waals surface area contributed by atoms with E-state index in [1.54, 1.807) is 68.0 Å². The molecule has 0 atom stereocenters. The molecule has 8 heteroatoms. The first-order valence-electron chi connectivity index (χ1n) is 10.7. The Kier molecular flexibility index (Phi) is 7.59. The zero-order chi connectivity index (χ0) is 24.9. The highest BCUT2D eigenvalue weighted by molar-refractivity contribution is 6.33. The number of ether oxygens (including phenoxy) is 1. The van der Waals surface area contributed by atoms with Crippen molar-refractivity contribution in [2.75, 3.05) is 11.9 Å². The minimum Gasteiger partial charge on any atom is -0.493 e. The van der Waals surface area contributed by atoms with Crippen LogP contribution in [-0.2, 0) is 4.79 Å². The number of carbonyl (C=O) groups excluding carboxylic acids is 2. The van der Waals surface area contributed by atoms with Crippen molar-refractivity contribution in [2.24, 2.45) is 10.8 Å². The Hall–Kier alpha value is -3.42. The predicted molar refractivity (Wildman–Crippen MR) is 132 cm³/mol. The van der Waals surface area contributed by atoms with E-state index in [9.17, 15) is 9.59 Å². The molecule has 0 saturated heterocycles. The van der Waals surface area contributed by atoms with E-state index in [0.717, 1.165) is 5.56 Å². The van der Waals surface area contributed by atoms with Gasteiger partial charge in [0.2, 0.25) is 5.91 Å². The fourth-order valence-corrected chi connectivity index (χ4v) is 3.33. The van der Waals surface area contributed by atoms with Crippen molar-refractivity contribution in [1.82, 2.24) is 10.5 Å². The molecule has 0 spiro atoms. The van der Waals surface area contributed by atoms with Crippen LogP contribution in [0.4, 0.5) is 5.69 Å². The molecule has 0 fully saturated rings. The molecule has 178 valence electrons. The third-order valence-corrected chi connectivity index (χ3v) is 6.57. The van der Waals surface area contributed by atoms with Crippen LogP contribution in [0, 0.1) is 10.8 Å². The summed E-state index contributed by atoms with van der Waals surface area (Å²) < 4.78 is 5.87. The molecule has 34 heavy (non-hydrogen) atoms. The quantitative estimate of drug-likeness (QED) is 0.287. The first-order chi connectivity index (χ1) is 16.0. The maximum absolute atomic E-state index is 12.7. The number of nitrogens with zero attached hydrogens (tertiary/aromatic N) is 1. The highest BCUT2D eigenvalue weighted by Crippen LogP contribution is 2.39. The normalized spacial score (nSPS) is 11.6. The highest BCUT2D eigenvalue weighted by Gasteiger charge is 2.43. The fraction of sp³-hybridized carbons (Fsp3) is 0.269. The average Bonchev–Trinajstić information content (AvgIpc) is 2.84. The predicted octanol–water partition coefficient (Wildman–Crippen LogP) is 5.59. The maximum atomic E-state index is 12.7. The van der Waals surface area contributed by atoms with Crippen LogP contribution in [0.3, 0.4) is 0 Å². The second-order valence-corrected chi connectivity index (χ2v) is 9.53. The van der Waals surface area contributed by atoms with Gasteiger partial charge in [-0.3, -0.25) is 19.8 Å². The number of rotatable bonds is 8. The summed E-state index contributed by atoms with van der Waals surface area (Å²) in [5, 5.41) is 12.4. The average molecular weight is 482 g/mol. The summed E-state index contributed by atoms with van der Waals surface area (Å²) in [4.78, 5) is 29.1. The number of hydrogen-bond acceptors (Lipinski definition) is 5. The fourth-order valence-electron chi connectivity index (χ4n) is 3.12. The molecular formula is C26H28ClN3O4. The summed E-state index contributed by atoms with van der Waals surface area (Å²) in [7, 11) is 0. The summed E-state index contributed by atoms with van der Waals surface area (Å²) in [6, 6.07) is 17.5. The SMILES string of the molecule is CC(C)(COc1ccc(C(=O)Nc2ccc(Cl)c(-c3ccccn3)c2)cc1)C(C)(C)C(=O)NO. The standard InChI is InChI=1S/C26H28ClN3O4/c1-25(2,26(3,4)24(32)30-33)16-34-19-11-8-17(9-12-19)23(31)29-18-10-13-21(27)20(15-18)22-7-5-6-14-28-22/h5-15,33H,16H2,1-4H3,(H,29,31)(H,30,32). The summed E-state index contributed by atoms with van der Waals surface area (Å²) in [6.45, 7) is 7.49. The van der Waals surface area contributed by atoms with Crippen LogP contribution >= 0.6 is 11.6 Å². The van der Waals surface area contributed by atoms with Crippen LogP contribution in [0.25, 0.3) is 11.3 Å². The third-order valence-electron chi connectivity index (χ3n) is 6.24. The second kappa shape index (κ2) is 10.2. The number of aromatic nitrogens is 1. The number of benzene rings is 2. The third kappa shape index (κ3) is 5.55. The van der Waals surface area contributed by atoms with Gasteiger partial charge >= 0.3 is 0 Å². The molecule has 0 saturated carbocycles. The van der Waals surface area contributed by atoms with Gasteiger partial charge in [0.25, 0.3) is 5.91 Å². The smallest absolute Gasteiger partial charge is 0.255 e. The van der Waals surface area contributed by atoms with Gasteiger partial charge in [0.1, 0.15) is 5.75 Å². The monoisotopic (exact) mass is 481 g/mol. The maximum Gasteiger partial charge on any atom is 0.255 e. The topological polar surface area (TPSA) is 101 Å².